The lowest BCUT2D eigenvalue weighted by atomic mass is 9.68. The molecule has 1 aromatic carbocycles. The van der Waals surface area contributed by atoms with Crippen molar-refractivity contribution in [2.75, 3.05) is 20.1 Å². The summed E-state index contributed by atoms with van der Waals surface area (Å²) in [5, 5.41) is 7.04. The molecule has 0 aliphatic heterocycles. The largest absolute Gasteiger partial charge is 0.319 e. The molecule has 2 rings (SSSR count). The molecule has 1 saturated carbocycles. The molecular weight excluding hydrogens is 232 g/mol. The van der Waals surface area contributed by atoms with Gasteiger partial charge in [0, 0.05) is 19.6 Å². The fraction of sp³-hybridized carbons (Fsp3) is 0.647. The zero-order valence-corrected chi connectivity index (χ0v) is 12.9. The lowest BCUT2D eigenvalue weighted by Crippen LogP contribution is -2.46. The van der Waals surface area contributed by atoms with Crippen LogP contribution in [0.2, 0.25) is 0 Å². The molecule has 0 saturated heterocycles. The molecule has 0 atom stereocenters. The highest BCUT2D eigenvalue weighted by Crippen LogP contribution is 2.39. The minimum atomic E-state index is 0.515. The van der Waals surface area contributed by atoms with Gasteiger partial charge in [-0.15, -0.1) is 0 Å². The Balaban J connectivity index is 1.92. The van der Waals surface area contributed by atoms with Crippen LogP contribution < -0.4 is 10.6 Å². The normalized spacial score (nSPS) is 17.3. The van der Waals surface area contributed by atoms with E-state index in [1.165, 1.54) is 41.5 Å². The summed E-state index contributed by atoms with van der Waals surface area (Å²) in [6.07, 6.45) is 4.13. The van der Waals surface area contributed by atoms with Gasteiger partial charge in [-0.2, -0.15) is 0 Å². The second-order valence-corrected chi connectivity index (χ2v) is 6.36. The Labute approximate surface area is 118 Å². The van der Waals surface area contributed by atoms with Gasteiger partial charge < -0.3 is 10.6 Å². The Morgan fingerprint density at radius 2 is 1.68 bits per heavy atom. The Morgan fingerprint density at radius 3 is 2.16 bits per heavy atom. The van der Waals surface area contributed by atoms with Gasteiger partial charge >= 0.3 is 0 Å². The van der Waals surface area contributed by atoms with E-state index in [1.54, 1.807) is 0 Å². The second-order valence-electron chi connectivity index (χ2n) is 6.36. The Kier molecular flexibility index (Phi) is 4.64. The molecule has 0 bridgehead atoms. The Morgan fingerprint density at radius 1 is 1.05 bits per heavy atom. The van der Waals surface area contributed by atoms with E-state index in [0.29, 0.717) is 5.41 Å². The zero-order valence-electron chi connectivity index (χ0n) is 12.9. The van der Waals surface area contributed by atoms with Gasteiger partial charge in [0.2, 0.25) is 0 Å². The molecule has 106 valence electrons. The highest BCUT2D eigenvalue weighted by Gasteiger charge is 2.35. The maximum Gasteiger partial charge on any atom is 0.0210 e. The smallest absolute Gasteiger partial charge is 0.0210 e. The van der Waals surface area contributed by atoms with Crippen molar-refractivity contribution in [3.63, 3.8) is 0 Å². The van der Waals surface area contributed by atoms with Crippen LogP contribution >= 0.6 is 0 Å². The quantitative estimate of drug-likeness (QED) is 0.821. The fourth-order valence-electron chi connectivity index (χ4n) is 3.41. The van der Waals surface area contributed by atoms with Crippen LogP contribution in [-0.2, 0) is 6.54 Å². The van der Waals surface area contributed by atoms with Gasteiger partial charge in [0.15, 0.2) is 0 Å². The predicted octanol–water partition coefficient (Wildman–Crippen LogP) is 3.09. The molecule has 1 aromatic rings. The van der Waals surface area contributed by atoms with E-state index in [2.05, 4.69) is 50.6 Å². The maximum absolute atomic E-state index is 3.69. The molecule has 1 aliphatic carbocycles. The van der Waals surface area contributed by atoms with Crippen molar-refractivity contribution in [3.8, 4) is 0 Å². The van der Waals surface area contributed by atoms with Crippen LogP contribution in [0.3, 0.4) is 0 Å². The average molecular weight is 260 g/mol. The molecule has 0 amide bonds. The number of aryl methyl sites for hydroxylation is 3. The first-order chi connectivity index (χ1) is 9.06. The summed E-state index contributed by atoms with van der Waals surface area (Å²) in [4.78, 5) is 0. The summed E-state index contributed by atoms with van der Waals surface area (Å²) in [6, 6.07) is 4.58. The van der Waals surface area contributed by atoms with Crippen molar-refractivity contribution in [2.24, 2.45) is 5.41 Å². The molecule has 0 radical (unpaired) electrons. The molecular formula is C17H28N2. The molecule has 0 spiro atoms. The fourth-order valence-corrected chi connectivity index (χ4v) is 3.41. The van der Waals surface area contributed by atoms with Gasteiger partial charge in [0.1, 0.15) is 0 Å². The predicted molar refractivity (Wildman–Crippen MR) is 82.6 cm³/mol. The first kappa shape index (κ1) is 14.5. The first-order valence-corrected chi connectivity index (χ1v) is 7.48. The van der Waals surface area contributed by atoms with Crippen molar-refractivity contribution in [3.05, 3.63) is 34.4 Å². The van der Waals surface area contributed by atoms with E-state index >= 15 is 0 Å². The monoisotopic (exact) mass is 260 g/mol. The molecule has 0 heterocycles. The highest BCUT2D eigenvalue weighted by atomic mass is 14.9. The van der Waals surface area contributed by atoms with Crippen LogP contribution in [-0.4, -0.2) is 20.1 Å². The molecule has 0 aromatic heterocycles. The number of rotatable bonds is 6. The van der Waals surface area contributed by atoms with Crippen LogP contribution in [0.25, 0.3) is 0 Å². The van der Waals surface area contributed by atoms with Crippen LogP contribution in [0.4, 0.5) is 0 Å². The van der Waals surface area contributed by atoms with E-state index < -0.39 is 0 Å². The third kappa shape index (κ3) is 3.37. The minimum absolute atomic E-state index is 0.515. The number of hydrogen-bond donors (Lipinski definition) is 2. The van der Waals surface area contributed by atoms with Crippen molar-refractivity contribution in [1.29, 1.82) is 0 Å². The van der Waals surface area contributed by atoms with Crippen LogP contribution in [0.15, 0.2) is 12.1 Å². The van der Waals surface area contributed by atoms with Gasteiger partial charge in [0.05, 0.1) is 0 Å². The summed E-state index contributed by atoms with van der Waals surface area (Å²) in [5.74, 6) is 0. The summed E-state index contributed by atoms with van der Waals surface area (Å²) in [7, 11) is 2.06. The van der Waals surface area contributed by atoms with Gasteiger partial charge in [-0.3, -0.25) is 0 Å². The standard InChI is InChI=1S/C17H28N2/c1-13-8-14(2)16(15(3)9-13)10-19-12-17(11-18-4)6-5-7-17/h8-9,18-19H,5-7,10-12H2,1-4H3. The average Bonchev–Trinajstić information content (AvgIpc) is 2.28. The molecule has 19 heavy (non-hydrogen) atoms. The topological polar surface area (TPSA) is 24.1 Å². The lowest BCUT2D eigenvalue weighted by molar-refractivity contribution is 0.130. The number of hydrogen-bond acceptors (Lipinski definition) is 2. The van der Waals surface area contributed by atoms with E-state index in [4.69, 9.17) is 0 Å². The SMILES string of the molecule is CNCC1(CNCc2c(C)cc(C)cc2C)CCC1. The molecule has 2 heteroatoms. The molecule has 1 fully saturated rings. The summed E-state index contributed by atoms with van der Waals surface area (Å²) in [6.45, 7) is 9.91. The third-order valence-corrected chi connectivity index (χ3v) is 4.61. The summed E-state index contributed by atoms with van der Waals surface area (Å²) < 4.78 is 0. The molecule has 2 N–H and O–H groups in total. The van der Waals surface area contributed by atoms with Gasteiger partial charge in [-0.05, 0) is 62.8 Å². The first-order valence-electron chi connectivity index (χ1n) is 7.48. The minimum Gasteiger partial charge on any atom is -0.319 e. The van der Waals surface area contributed by atoms with E-state index in [-0.39, 0.29) is 0 Å². The molecule has 1 aliphatic rings. The van der Waals surface area contributed by atoms with Crippen LogP contribution in [0.1, 0.15) is 41.5 Å². The highest BCUT2D eigenvalue weighted by molar-refractivity contribution is 5.37. The molecule has 2 nitrogen and oxygen atoms in total. The van der Waals surface area contributed by atoms with Gasteiger partial charge in [0.25, 0.3) is 0 Å². The zero-order chi connectivity index (χ0) is 13.9. The van der Waals surface area contributed by atoms with Crippen molar-refractivity contribution in [1.82, 2.24) is 10.6 Å². The van der Waals surface area contributed by atoms with E-state index in [0.717, 1.165) is 19.6 Å². The molecule has 0 unspecified atom stereocenters. The van der Waals surface area contributed by atoms with Crippen molar-refractivity contribution >= 4 is 0 Å². The Bertz CT molecular complexity index is 410. The van der Waals surface area contributed by atoms with Gasteiger partial charge in [-0.1, -0.05) is 24.1 Å². The number of nitrogens with one attached hydrogen (secondary N) is 2. The van der Waals surface area contributed by atoms with Gasteiger partial charge in [-0.25, -0.2) is 0 Å². The van der Waals surface area contributed by atoms with E-state index in [9.17, 15) is 0 Å². The lowest BCUT2D eigenvalue weighted by Gasteiger charge is -2.42. The Hall–Kier alpha value is -0.860. The number of benzene rings is 1. The maximum atomic E-state index is 3.69. The third-order valence-electron chi connectivity index (χ3n) is 4.61. The van der Waals surface area contributed by atoms with Crippen molar-refractivity contribution in [2.45, 2.75) is 46.6 Å². The van der Waals surface area contributed by atoms with Crippen molar-refractivity contribution < 1.29 is 0 Å². The van der Waals surface area contributed by atoms with Crippen LogP contribution in [0.5, 0.6) is 0 Å². The second kappa shape index (κ2) is 6.06. The summed E-state index contributed by atoms with van der Waals surface area (Å²) >= 11 is 0. The summed E-state index contributed by atoms with van der Waals surface area (Å²) in [5.41, 5.74) is 6.19. The van der Waals surface area contributed by atoms with E-state index in [1.807, 2.05) is 0 Å². The van der Waals surface area contributed by atoms with Crippen LogP contribution in [0, 0.1) is 26.2 Å².